The fraction of sp³-hybridized carbons (Fsp3) is 0.400. The van der Waals surface area contributed by atoms with Gasteiger partial charge in [0.1, 0.15) is 5.82 Å². The van der Waals surface area contributed by atoms with Crippen LogP contribution in [0.5, 0.6) is 0 Å². The highest BCUT2D eigenvalue weighted by molar-refractivity contribution is 5.81. The van der Waals surface area contributed by atoms with Gasteiger partial charge in [-0.2, -0.15) is 0 Å². The molecule has 1 heterocycles. The Kier molecular flexibility index (Phi) is 3.91. The zero-order chi connectivity index (χ0) is 11.3. The number of nitrogens with zero attached hydrogens (tertiary/aromatic N) is 1. The highest BCUT2D eigenvalue weighted by Crippen LogP contribution is 2.14. The number of aromatic nitrogens is 1. The molecule has 0 aromatic carbocycles. The number of anilines is 2. The van der Waals surface area contributed by atoms with Gasteiger partial charge in [0.15, 0.2) is 0 Å². The van der Waals surface area contributed by atoms with Crippen LogP contribution in [0.3, 0.4) is 0 Å². The Morgan fingerprint density at radius 2 is 2.33 bits per heavy atom. The van der Waals surface area contributed by atoms with Crippen LogP contribution in [0.2, 0.25) is 0 Å². The minimum atomic E-state index is -0.0701. The molecule has 0 fully saturated rings. The summed E-state index contributed by atoms with van der Waals surface area (Å²) < 4.78 is 0. The third-order valence-electron chi connectivity index (χ3n) is 1.84. The number of rotatable bonds is 4. The summed E-state index contributed by atoms with van der Waals surface area (Å²) in [6, 6.07) is 1.81. The van der Waals surface area contributed by atoms with Gasteiger partial charge in [0.25, 0.3) is 0 Å². The van der Waals surface area contributed by atoms with Crippen molar-refractivity contribution in [2.45, 2.75) is 13.8 Å². The number of nitrogens with one attached hydrogen (secondary N) is 2. The van der Waals surface area contributed by atoms with E-state index in [0.717, 1.165) is 5.56 Å². The molecule has 82 valence electrons. The van der Waals surface area contributed by atoms with Gasteiger partial charge in [0, 0.05) is 12.7 Å². The van der Waals surface area contributed by atoms with E-state index in [4.69, 9.17) is 5.73 Å². The molecule has 0 saturated carbocycles. The van der Waals surface area contributed by atoms with Crippen molar-refractivity contribution >= 4 is 17.4 Å². The molecular weight excluding hydrogens is 192 g/mol. The van der Waals surface area contributed by atoms with Crippen molar-refractivity contribution in [1.29, 1.82) is 0 Å². The largest absolute Gasteiger partial charge is 0.396 e. The number of amides is 1. The molecule has 0 spiro atoms. The molecule has 0 unspecified atom stereocenters. The standard InChI is InChI=1S/C10H16N4O/c1-3-12-9(15)6-14-10-8(11)4-7(2)5-13-10/h4-5H,3,6,11H2,1-2H3,(H,12,15)(H,13,14). The summed E-state index contributed by atoms with van der Waals surface area (Å²) >= 11 is 0. The van der Waals surface area contributed by atoms with Gasteiger partial charge in [-0.05, 0) is 25.5 Å². The first-order valence-corrected chi connectivity index (χ1v) is 4.86. The molecule has 1 amide bonds. The molecule has 0 atom stereocenters. The van der Waals surface area contributed by atoms with Crippen molar-refractivity contribution < 1.29 is 4.79 Å². The van der Waals surface area contributed by atoms with Gasteiger partial charge in [0.2, 0.25) is 5.91 Å². The average Bonchev–Trinajstić information content (AvgIpc) is 2.17. The van der Waals surface area contributed by atoms with Crippen LogP contribution in [0.4, 0.5) is 11.5 Å². The summed E-state index contributed by atoms with van der Waals surface area (Å²) in [5.74, 6) is 0.478. The molecule has 5 heteroatoms. The van der Waals surface area contributed by atoms with Gasteiger partial charge in [-0.15, -0.1) is 0 Å². The predicted octanol–water partition coefficient (Wildman–Crippen LogP) is 0.520. The van der Waals surface area contributed by atoms with E-state index in [1.807, 2.05) is 19.9 Å². The summed E-state index contributed by atoms with van der Waals surface area (Å²) in [7, 11) is 0. The van der Waals surface area contributed by atoms with Gasteiger partial charge in [-0.3, -0.25) is 4.79 Å². The molecular formula is C10H16N4O. The molecule has 1 aromatic rings. The van der Waals surface area contributed by atoms with E-state index in [2.05, 4.69) is 15.6 Å². The molecule has 0 aliphatic rings. The van der Waals surface area contributed by atoms with E-state index in [-0.39, 0.29) is 12.5 Å². The highest BCUT2D eigenvalue weighted by Gasteiger charge is 2.03. The number of nitrogens with two attached hydrogens (primary N) is 1. The molecule has 4 N–H and O–H groups in total. The maximum absolute atomic E-state index is 11.2. The second-order valence-corrected chi connectivity index (χ2v) is 3.26. The Balaban J connectivity index is 2.54. The molecule has 1 aromatic heterocycles. The predicted molar refractivity (Wildman–Crippen MR) is 60.6 cm³/mol. The average molecular weight is 208 g/mol. The summed E-state index contributed by atoms with van der Waals surface area (Å²) in [5, 5.41) is 5.55. The molecule has 1 rings (SSSR count). The van der Waals surface area contributed by atoms with Crippen LogP contribution in [-0.4, -0.2) is 24.0 Å². The summed E-state index contributed by atoms with van der Waals surface area (Å²) in [6.45, 7) is 4.60. The van der Waals surface area contributed by atoms with Crippen molar-refractivity contribution in [1.82, 2.24) is 10.3 Å². The second kappa shape index (κ2) is 5.19. The summed E-state index contributed by atoms with van der Waals surface area (Å²) in [4.78, 5) is 15.2. The monoisotopic (exact) mass is 208 g/mol. The fourth-order valence-electron chi connectivity index (χ4n) is 1.16. The SMILES string of the molecule is CCNC(=O)CNc1ncc(C)cc1N. The van der Waals surface area contributed by atoms with E-state index in [1.165, 1.54) is 0 Å². The Labute approximate surface area is 89.1 Å². The van der Waals surface area contributed by atoms with Gasteiger partial charge in [-0.25, -0.2) is 4.98 Å². The second-order valence-electron chi connectivity index (χ2n) is 3.26. The summed E-state index contributed by atoms with van der Waals surface area (Å²) in [6.07, 6.45) is 1.70. The lowest BCUT2D eigenvalue weighted by Gasteiger charge is -2.08. The third kappa shape index (κ3) is 3.46. The van der Waals surface area contributed by atoms with Crippen LogP contribution in [0.15, 0.2) is 12.3 Å². The number of hydrogen-bond acceptors (Lipinski definition) is 4. The number of carbonyl (C=O) groups excluding carboxylic acids is 1. The van der Waals surface area contributed by atoms with Crippen molar-refractivity contribution in [3.8, 4) is 0 Å². The molecule has 15 heavy (non-hydrogen) atoms. The maximum Gasteiger partial charge on any atom is 0.239 e. The van der Waals surface area contributed by atoms with E-state index in [9.17, 15) is 4.79 Å². The van der Waals surface area contributed by atoms with Crippen LogP contribution in [0.25, 0.3) is 0 Å². The van der Waals surface area contributed by atoms with Crippen molar-refractivity contribution in [2.24, 2.45) is 0 Å². The fourth-order valence-corrected chi connectivity index (χ4v) is 1.16. The van der Waals surface area contributed by atoms with Gasteiger partial charge >= 0.3 is 0 Å². The van der Waals surface area contributed by atoms with Gasteiger partial charge < -0.3 is 16.4 Å². The zero-order valence-electron chi connectivity index (χ0n) is 9.00. The molecule has 0 saturated heterocycles. The van der Waals surface area contributed by atoms with Crippen LogP contribution in [-0.2, 0) is 4.79 Å². The first kappa shape index (κ1) is 11.3. The Morgan fingerprint density at radius 1 is 1.60 bits per heavy atom. The number of carbonyl (C=O) groups is 1. The normalized spacial score (nSPS) is 9.73. The Hall–Kier alpha value is -1.78. The van der Waals surface area contributed by atoms with Crippen molar-refractivity contribution in [2.75, 3.05) is 24.1 Å². The number of aryl methyl sites for hydroxylation is 1. The van der Waals surface area contributed by atoms with Crippen LogP contribution < -0.4 is 16.4 Å². The van der Waals surface area contributed by atoms with Gasteiger partial charge in [0.05, 0.1) is 12.2 Å². The molecule has 0 radical (unpaired) electrons. The first-order chi connectivity index (χ1) is 7.13. The Bertz CT molecular complexity index is 351. The topological polar surface area (TPSA) is 80.0 Å². The van der Waals surface area contributed by atoms with Crippen LogP contribution in [0.1, 0.15) is 12.5 Å². The number of likely N-dealkylation sites (N-methyl/N-ethyl adjacent to an activating group) is 1. The maximum atomic E-state index is 11.2. The van der Waals surface area contributed by atoms with Crippen molar-refractivity contribution in [3.63, 3.8) is 0 Å². The number of nitrogen functional groups attached to an aromatic ring is 1. The van der Waals surface area contributed by atoms with E-state index in [0.29, 0.717) is 18.1 Å². The molecule has 0 aliphatic heterocycles. The van der Waals surface area contributed by atoms with E-state index in [1.54, 1.807) is 6.20 Å². The smallest absolute Gasteiger partial charge is 0.239 e. The zero-order valence-corrected chi connectivity index (χ0v) is 9.00. The Morgan fingerprint density at radius 3 is 2.93 bits per heavy atom. The lowest BCUT2D eigenvalue weighted by molar-refractivity contribution is -0.119. The number of hydrogen-bond donors (Lipinski definition) is 3. The van der Waals surface area contributed by atoms with Crippen molar-refractivity contribution in [3.05, 3.63) is 17.8 Å². The minimum absolute atomic E-state index is 0.0701. The lowest BCUT2D eigenvalue weighted by Crippen LogP contribution is -2.29. The minimum Gasteiger partial charge on any atom is -0.396 e. The third-order valence-corrected chi connectivity index (χ3v) is 1.84. The molecule has 5 nitrogen and oxygen atoms in total. The molecule has 0 aliphatic carbocycles. The lowest BCUT2D eigenvalue weighted by atomic mass is 10.3. The van der Waals surface area contributed by atoms with E-state index < -0.39 is 0 Å². The van der Waals surface area contributed by atoms with E-state index >= 15 is 0 Å². The highest BCUT2D eigenvalue weighted by atomic mass is 16.1. The molecule has 0 bridgehead atoms. The van der Waals surface area contributed by atoms with Crippen LogP contribution >= 0.6 is 0 Å². The van der Waals surface area contributed by atoms with Crippen LogP contribution in [0, 0.1) is 6.92 Å². The number of pyridine rings is 1. The van der Waals surface area contributed by atoms with Gasteiger partial charge in [-0.1, -0.05) is 0 Å². The first-order valence-electron chi connectivity index (χ1n) is 4.86. The summed E-state index contributed by atoms with van der Waals surface area (Å²) in [5.41, 5.74) is 7.28. The quantitative estimate of drug-likeness (QED) is 0.674.